The molecule has 7 nitrogen and oxygen atoms in total. The van der Waals surface area contributed by atoms with Crippen molar-refractivity contribution >= 4 is 5.82 Å². The fraction of sp³-hybridized carbons (Fsp3) is 0.154. The van der Waals surface area contributed by atoms with E-state index < -0.39 is 0 Å². The van der Waals surface area contributed by atoms with Crippen LogP contribution in [0.2, 0.25) is 0 Å². The summed E-state index contributed by atoms with van der Waals surface area (Å²) in [7, 11) is 0. The summed E-state index contributed by atoms with van der Waals surface area (Å²) in [4.78, 5) is 18.7. The van der Waals surface area contributed by atoms with Crippen molar-refractivity contribution in [2.45, 2.75) is 13.8 Å². The third-order valence-electron chi connectivity index (χ3n) is 3.09. The molecular formula is C13H13N5O2. The van der Waals surface area contributed by atoms with Crippen LogP contribution in [0.4, 0.5) is 5.82 Å². The summed E-state index contributed by atoms with van der Waals surface area (Å²) in [5.74, 6) is 1.25. The average Bonchev–Trinajstić information content (AvgIpc) is 3.04. The Morgan fingerprint density at radius 2 is 2.20 bits per heavy atom. The molecule has 0 spiro atoms. The number of aryl methyl sites for hydroxylation is 1. The molecule has 0 unspecified atom stereocenters. The van der Waals surface area contributed by atoms with Crippen LogP contribution < -0.4 is 11.3 Å². The highest BCUT2D eigenvalue weighted by Gasteiger charge is 2.13. The lowest BCUT2D eigenvalue weighted by atomic mass is 10.3. The van der Waals surface area contributed by atoms with Gasteiger partial charge in [-0.3, -0.25) is 9.78 Å². The number of aromatic amines is 1. The smallest absolute Gasteiger partial charge is 0.255 e. The van der Waals surface area contributed by atoms with Gasteiger partial charge in [0.25, 0.3) is 5.56 Å². The molecule has 0 aromatic carbocycles. The highest BCUT2D eigenvalue weighted by Crippen LogP contribution is 2.21. The second-order valence-electron chi connectivity index (χ2n) is 4.44. The van der Waals surface area contributed by atoms with E-state index in [2.05, 4.69) is 15.1 Å². The molecule has 0 radical (unpaired) electrons. The minimum absolute atomic E-state index is 0.207. The van der Waals surface area contributed by atoms with E-state index in [9.17, 15) is 4.79 Å². The zero-order valence-electron chi connectivity index (χ0n) is 11.0. The van der Waals surface area contributed by atoms with Crippen molar-refractivity contribution in [3.63, 3.8) is 0 Å². The van der Waals surface area contributed by atoms with Crippen LogP contribution in [0.1, 0.15) is 11.3 Å². The summed E-state index contributed by atoms with van der Waals surface area (Å²) in [6.45, 7) is 3.48. The van der Waals surface area contributed by atoms with E-state index in [1.54, 1.807) is 38.3 Å². The zero-order valence-corrected chi connectivity index (χ0v) is 11.0. The number of hydrogen-bond donors (Lipinski definition) is 2. The molecule has 3 N–H and O–H groups in total. The molecule has 20 heavy (non-hydrogen) atoms. The van der Waals surface area contributed by atoms with Gasteiger partial charge < -0.3 is 10.2 Å². The molecule has 3 heterocycles. The predicted octanol–water partition coefficient (Wildman–Crippen LogP) is 1.41. The van der Waals surface area contributed by atoms with Crippen LogP contribution in [0, 0.1) is 13.8 Å². The first-order valence-corrected chi connectivity index (χ1v) is 6.03. The van der Waals surface area contributed by atoms with Gasteiger partial charge in [-0.25, -0.2) is 4.98 Å². The van der Waals surface area contributed by atoms with Gasteiger partial charge in [-0.05, 0) is 26.0 Å². The van der Waals surface area contributed by atoms with Crippen molar-refractivity contribution in [1.82, 2.24) is 19.7 Å². The maximum absolute atomic E-state index is 11.8. The van der Waals surface area contributed by atoms with Crippen LogP contribution in [-0.4, -0.2) is 19.7 Å². The molecule has 3 aromatic rings. The number of nitrogens with two attached hydrogens (primary N) is 1. The summed E-state index contributed by atoms with van der Waals surface area (Å²) >= 11 is 0. The molecule has 102 valence electrons. The van der Waals surface area contributed by atoms with E-state index in [0.717, 1.165) is 0 Å². The third-order valence-corrected chi connectivity index (χ3v) is 3.09. The fourth-order valence-corrected chi connectivity index (χ4v) is 1.84. The van der Waals surface area contributed by atoms with Gasteiger partial charge >= 0.3 is 0 Å². The number of nitrogens with zero attached hydrogens (tertiary/aromatic N) is 3. The van der Waals surface area contributed by atoms with Gasteiger partial charge in [-0.1, -0.05) is 0 Å². The van der Waals surface area contributed by atoms with Gasteiger partial charge in [0.2, 0.25) is 5.95 Å². The lowest BCUT2D eigenvalue weighted by Gasteiger charge is -2.05. The zero-order chi connectivity index (χ0) is 14.3. The lowest BCUT2D eigenvalue weighted by molar-refractivity contribution is 0.578. The molecule has 0 atom stereocenters. The Hall–Kier alpha value is -2.83. The average molecular weight is 271 g/mol. The Morgan fingerprint density at radius 1 is 1.40 bits per heavy atom. The predicted molar refractivity (Wildman–Crippen MR) is 73.6 cm³/mol. The topological polar surface area (TPSA) is 103 Å². The van der Waals surface area contributed by atoms with Gasteiger partial charge in [-0.2, -0.15) is 9.78 Å². The Bertz CT molecular complexity index is 814. The number of H-pyrrole nitrogens is 1. The van der Waals surface area contributed by atoms with Crippen molar-refractivity contribution in [2.75, 3.05) is 5.73 Å². The molecular weight excluding hydrogens is 258 g/mol. The molecule has 0 saturated carbocycles. The SMILES string of the molecule is Cc1nc(-n2nc(-c3ccco3)cc2N)[nH]c(=O)c1C. The van der Waals surface area contributed by atoms with Crippen molar-refractivity contribution in [1.29, 1.82) is 0 Å². The maximum Gasteiger partial charge on any atom is 0.255 e. The minimum Gasteiger partial charge on any atom is -0.463 e. The van der Waals surface area contributed by atoms with Gasteiger partial charge in [0.1, 0.15) is 11.5 Å². The van der Waals surface area contributed by atoms with Gasteiger partial charge in [-0.15, -0.1) is 0 Å². The van der Waals surface area contributed by atoms with Gasteiger partial charge in [0.15, 0.2) is 5.76 Å². The largest absolute Gasteiger partial charge is 0.463 e. The number of rotatable bonds is 2. The van der Waals surface area contributed by atoms with Crippen LogP contribution in [0.3, 0.4) is 0 Å². The Labute approximate surface area is 114 Å². The van der Waals surface area contributed by atoms with Crippen LogP contribution in [0.15, 0.2) is 33.7 Å². The minimum atomic E-state index is -0.207. The molecule has 0 fully saturated rings. The van der Waals surface area contributed by atoms with E-state index in [4.69, 9.17) is 10.2 Å². The van der Waals surface area contributed by atoms with Crippen LogP contribution >= 0.6 is 0 Å². The van der Waals surface area contributed by atoms with E-state index >= 15 is 0 Å². The Kier molecular flexibility index (Phi) is 2.67. The Balaban J connectivity index is 2.14. The normalized spacial score (nSPS) is 10.9. The standard InChI is InChI=1S/C13H13N5O2/c1-7-8(2)15-13(16-12(7)19)18-11(14)6-9(17-18)10-4-3-5-20-10/h3-6H,14H2,1-2H3,(H,15,16,19). The van der Waals surface area contributed by atoms with Crippen molar-refractivity contribution < 1.29 is 4.42 Å². The summed E-state index contributed by atoms with van der Waals surface area (Å²) in [6.07, 6.45) is 1.56. The lowest BCUT2D eigenvalue weighted by Crippen LogP contribution is -2.18. The molecule has 0 aliphatic heterocycles. The fourth-order valence-electron chi connectivity index (χ4n) is 1.84. The van der Waals surface area contributed by atoms with Crippen LogP contribution in [0.25, 0.3) is 17.4 Å². The first kappa shape index (κ1) is 12.2. The van der Waals surface area contributed by atoms with Crippen molar-refractivity contribution in [3.05, 3.63) is 46.1 Å². The first-order chi connectivity index (χ1) is 9.56. The highest BCUT2D eigenvalue weighted by molar-refractivity contribution is 5.57. The molecule has 0 saturated heterocycles. The Morgan fingerprint density at radius 3 is 2.85 bits per heavy atom. The molecule has 0 aliphatic rings. The van der Waals surface area contributed by atoms with E-state index in [0.29, 0.717) is 28.5 Å². The molecule has 3 rings (SSSR count). The molecule has 7 heteroatoms. The van der Waals surface area contributed by atoms with Crippen molar-refractivity contribution in [3.8, 4) is 17.4 Å². The number of nitrogens with one attached hydrogen (secondary N) is 1. The molecule has 0 amide bonds. The van der Waals surface area contributed by atoms with Crippen molar-refractivity contribution in [2.24, 2.45) is 0 Å². The van der Waals surface area contributed by atoms with E-state index in [1.807, 2.05) is 0 Å². The van der Waals surface area contributed by atoms with Gasteiger partial charge in [0, 0.05) is 17.3 Å². The second kappa shape index (κ2) is 4.37. The third kappa shape index (κ3) is 1.89. The summed E-state index contributed by atoms with van der Waals surface area (Å²) < 4.78 is 6.65. The monoisotopic (exact) mass is 271 g/mol. The van der Waals surface area contributed by atoms with E-state index in [-0.39, 0.29) is 11.5 Å². The van der Waals surface area contributed by atoms with Gasteiger partial charge in [0.05, 0.1) is 6.26 Å². The number of aromatic nitrogens is 4. The summed E-state index contributed by atoms with van der Waals surface area (Å²) in [5, 5.41) is 4.30. The molecule has 0 aliphatic carbocycles. The molecule has 3 aromatic heterocycles. The van der Waals surface area contributed by atoms with Crippen LogP contribution in [-0.2, 0) is 0 Å². The quantitative estimate of drug-likeness (QED) is 0.733. The number of anilines is 1. The number of hydrogen-bond acceptors (Lipinski definition) is 5. The molecule has 0 bridgehead atoms. The summed E-state index contributed by atoms with van der Waals surface area (Å²) in [5.41, 5.74) is 7.50. The number of nitrogen functional groups attached to an aromatic ring is 1. The summed E-state index contributed by atoms with van der Waals surface area (Å²) in [6, 6.07) is 5.21. The first-order valence-electron chi connectivity index (χ1n) is 6.03. The van der Waals surface area contributed by atoms with Crippen LogP contribution in [0.5, 0.6) is 0 Å². The number of furan rings is 1. The van der Waals surface area contributed by atoms with E-state index in [1.165, 1.54) is 4.68 Å². The second-order valence-corrected chi connectivity index (χ2v) is 4.44. The maximum atomic E-state index is 11.8. The highest BCUT2D eigenvalue weighted by atomic mass is 16.3.